The number of pyridine rings is 1. The van der Waals surface area contributed by atoms with Crippen molar-refractivity contribution >= 4 is 16.9 Å². The van der Waals surface area contributed by atoms with Crippen LogP contribution < -0.4 is 5.73 Å². The van der Waals surface area contributed by atoms with E-state index < -0.39 is 5.60 Å². The van der Waals surface area contributed by atoms with E-state index in [4.69, 9.17) is 10.7 Å². The number of aromatic amines is 1. The topological polar surface area (TPSA) is 106 Å². The molecule has 0 radical (unpaired) electrons. The monoisotopic (exact) mass is 410 g/mol. The van der Waals surface area contributed by atoms with Gasteiger partial charge in [0, 0.05) is 30.6 Å². The van der Waals surface area contributed by atoms with E-state index in [9.17, 15) is 5.11 Å². The molecule has 3 heterocycles. The highest BCUT2D eigenvalue weighted by Gasteiger charge is 2.26. The molecule has 0 amide bonds. The Labute approximate surface area is 179 Å². The van der Waals surface area contributed by atoms with Gasteiger partial charge in [0.1, 0.15) is 17.2 Å². The molecule has 0 fully saturated rings. The van der Waals surface area contributed by atoms with Gasteiger partial charge in [0.2, 0.25) is 0 Å². The minimum atomic E-state index is -1.13. The third-order valence-corrected chi connectivity index (χ3v) is 5.59. The molecule has 154 valence electrons. The van der Waals surface area contributed by atoms with Gasteiger partial charge < -0.3 is 15.8 Å². The van der Waals surface area contributed by atoms with E-state index in [0.29, 0.717) is 17.2 Å². The minimum Gasteiger partial charge on any atom is -0.383 e. The molecule has 7 nitrogen and oxygen atoms in total. The predicted octanol–water partition coefficient (Wildman–Crippen LogP) is 3.86. The summed E-state index contributed by atoms with van der Waals surface area (Å²) in [4.78, 5) is 12.4. The Bertz CT molecular complexity index is 1380. The number of nitrogens with two attached hydrogens (primary N) is 1. The fourth-order valence-electron chi connectivity index (χ4n) is 3.76. The number of nitrogens with one attached hydrogen (secondary N) is 1. The second-order valence-corrected chi connectivity index (χ2v) is 7.82. The zero-order valence-electron chi connectivity index (χ0n) is 17.2. The Morgan fingerprint density at radius 3 is 2.55 bits per heavy atom. The number of rotatable bonds is 4. The van der Waals surface area contributed by atoms with E-state index in [1.165, 1.54) is 0 Å². The van der Waals surface area contributed by atoms with E-state index in [1.807, 2.05) is 67.8 Å². The van der Waals surface area contributed by atoms with Crippen molar-refractivity contribution in [3.8, 4) is 22.5 Å². The third kappa shape index (κ3) is 3.35. The Morgan fingerprint density at radius 2 is 1.81 bits per heavy atom. The van der Waals surface area contributed by atoms with Crippen LogP contribution in [0.4, 0.5) is 5.82 Å². The zero-order valence-corrected chi connectivity index (χ0v) is 17.2. The number of benzene rings is 2. The van der Waals surface area contributed by atoms with Crippen molar-refractivity contribution in [3.05, 3.63) is 84.3 Å². The van der Waals surface area contributed by atoms with E-state index >= 15 is 0 Å². The van der Waals surface area contributed by atoms with E-state index in [-0.39, 0.29) is 0 Å². The molecular weight excluding hydrogens is 388 g/mol. The molecular formula is C24H22N6O. The molecule has 5 rings (SSSR count). The van der Waals surface area contributed by atoms with Crippen LogP contribution in [-0.4, -0.2) is 29.8 Å². The maximum absolute atomic E-state index is 11.2. The van der Waals surface area contributed by atoms with Gasteiger partial charge in [-0.3, -0.25) is 4.68 Å². The summed E-state index contributed by atoms with van der Waals surface area (Å²) in [5.41, 5.74) is 10.8. The van der Waals surface area contributed by atoms with Gasteiger partial charge in [-0.1, -0.05) is 36.4 Å². The first-order valence-electron chi connectivity index (χ1n) is 9.95. The van der Waals surface area contributed by atoms with Gasteiger partial charge in [-0.25, -0.2) is 9.97 Å². The summed E-state index contributed by atoms with van der Waals surface area (Å²) >= 11 is 0. The average molecular weight is 410 g/mol. The van der Waals surface area contributed by atoms with Crippen LogP contribution in [0, 0.1) is 0 Å². The lowest BCUT2D eigenvalue weighted by molar-refractivity contribution is 0.102. The van der Waals surface area contributed by atoms with Crippen molar-refractivity contribution in [2.24, 2.45) is 7.05 Å². The highest BCUT2D eigenvalue weighted by molar-refractivity contribution is 5.84. The maximum atomic E-state index is 11.2. The lowest BCUT2D eigenvalue weighted by Crippen LogP contribution is -2.22. The summed E-state index contributed by atoms with van der Waals surface area (Å²) in [6, 6.07) is 17.3. The number of aliphatic hydroxyl groups is 1. The number of anilines is 1. The molecule has 0 bridgehead atoms. The maximum Gasteiger partial charge on any atom is 0.142 e. The first kappa shape index (κ1) is 19.0. The molecule has 1 atom stereocenters. The number of fused-ring (bicyclic) bond motifs is 1. The van der Waals surface area contributed by atoms with Crippen LogP contribution in [0.3, 0.4) is 0 Å². The number of hydrogen-bond acceptors (Lipinski definition) is 5. The number of aromatic nitrogens is 5. The summed E-state index contributed by atoms with van der Waals surface area (Å²) in [6.45, 7) is 1.79. The third-order valence-electron chi connectivity index (χ3n) is 5.59. The predicted molar refractivity (Wildman–Crippen MR) is 121 cm³/mol. The summed E-state index contributed by atoms with van der Waals surface area (Å²) in [5, 5.41) is 15.4. The van der Waals surface area contributed by atoms with Crippen molar-refractivity contribution in [2.45, 2.75) is 12.5 Å². The second-order valence-electron chi connectivity index (χ2n) is 7.82. The molecule has 0 saturated heterocycles. The molecule has 31 heavy (non-hydrogen) atoms. The fraction of sp³-hybridized carbons (Fsp3) is 0.125. The normalized spacial score (nSPS) is 13.4. The van der Waals surface area contributed by atoms with Crippen molar-refractivity contribution in [1.82, 2.24) is 24.7 Å². The van der Waals surface area contributed by atoms with Gasteiger partial charge in [-0.05, 0) is 36.2 Å². The molecule has 0 spiro atoms. The van der Waals surface area contributed by atoms with Crippen LogP contribution in [0.25, 0.3) is 33.5 Å². The Kier molecular flexibility index (Phi) is 4.34. The van der Waals surface area contributed by atoms with Gasteiger partial charge in [-0.15, -0.1) is 0 Å². The lowest BCUT2D eigenvalue weighted by atomic mass is 9.88. The number of nitrogen functional groups attached to an aromatic ring is 1. The Hall–Kier alpha value is -3.97. The standard InChI is InChI=1S/C24H22N6O/c1-24(31,17-6-4-3-5-7-17)18-8-9-20-21(11-18)29-23(28-20)19-10-15(12-26-22(19)25)16-13-27-30(2)14-16/h3-14,31H,1-2H3,(H2,25,26)(H,28,29). The van der Waals surface area contributed by atoms with Crippen LogP contribution in [0.1, 0.15) is 18.1 Å². The molecule has 4 N–H and O–H groups in total. The number of imidazole rings is 1. The molecule has 2 aromatic carbocycles. The minimum absolute atomic E-state index is 0.392. The van der Waals surface area contributed by atoms with Crippen molar-refractivity contribution in [3.63, 3.8) is 0 Å². The number of H-pyrrole nitrogens is 1. The zero-order chi connectivity index (χ0) is 21.6. The molecule has 0 saturated carbocycles. The second kappa shape index (κ2) is 7.07. The summed E-state index contributed by atoms with van der Waals surface area (Å²) < 4.78 is 1.74. The van der Waals surface area contributed by atoms with Gasteiger partial charge in [-0.2, -0.15) is 5.10 Å². The van der Waals surface area contributed by atoms with Gasteiger partial charge in [0.15, 0.2) is 0 Å². The van der Waals surface area contributed by atoms with Crippen LogP contribution in [0.2, 0.25) is 0 Å². The SMILES string of the molecule is Cn1cc(-c2cnc(N)c(-c3nc4cc(C(C)(O)c5ccccc5)ccc4[nH]3)c2)cn1. The summed E-state index contributed by atoms with van der Waals surface area (Å²) in [6.07, 6.45) is 5.44. The van der Waals surface area contributed by atoms with Crippen molar-refractivity contribution < 1.29 is 5.11 Å². The van der Waals surface area contributed by atoms with Crippen molar-refractivity contribution in [1.29, 1.82) is 0 Å². The highest BCUT2D eigenvalue weighted by atomic mass is 16.3. The van der Waals surface area contributed by atoms with Gasteiger partial charge in [0.25, 0.3) is 0 Å². The quantitative estimate of drug-likeness (QED) is 0.417. The first-order valence-corrected chi connectivity index (χ1v) is 9.95. The van der Waals surface area contributed by atoms with Crippen LogP contribution in [0.15, 0.2) is 73.2 Å². The molecule has 3 aromatic heterocycles. The number of aryl methyl sites for hydroxylation is 1. The number of hydrogen-bond donors (Lipinski definition) is 3. The molecule has 7 heteroatoms. The first-order chi connectivity index (χ1) is 14.9. The Morgan fingerprint density at radius 1 is 1.00 bits per heavy atom. The summed E-state index contributed by atoms with van der Waals surface area (Å²) in [7, 11) is 1.87. The van der Waals surface area contributed by atoms with Crippen LogP contribution in [0.5, 0.6) is 0 Å². The molecule has 1 unspecified atom stereocenters. The highest BCUT2D eigenvalue weighted by Crippen LogP contribution is 2.33. The van der Waals surface area contributed by atoms with E-state index in [1.54, 1.807) is 24.0 Å². The molecule has 0 aliphatic carbocycles. The smallest absolute Gasteiger partial charge is 0.142 e. The largest absolute Gasteiger partial charge is 0.383 e. The molecule has 0 aliphatic heterocycles. The lowest BCUT2D eigenvalue weighted by Gasteiger charge is -2.24. The summed E-state index contributed by atoms with van der Waals surface area (Å²) in [5.74, 6) is 1.02. The Balaban J connectivity index is 1.57. The molecule has 5 aromatic rings. The fourth-order valence-corrected chi connectivity index (χ4v) is 3.76. The van der Waals surface area contributed by atoms with Crippen molar-refractivity contribution in [2.75, 3.05) is 5.73 Å². The van der Waals surface area contributed by atoms with E-state index in [2.05, 4.69) is 15.1 Å². The van der Waals surface area contributed by atoms with E-state index in [0.717, 1.165) is 33.3 Å². The van der Waals surface area contributed by atoms with Crippen LogP contribution >= 0.6 is 0 Å². The average Bonchev–Trinajstić information content (AvgIpc) is 3.40. The molecule has 0 aliphatic rings. The van der Waals surface area contributed by atoms with Gasteiger partial charge in [0.05, 0.1) is 22.8 Å². The van der Waals surface area contributed by atoms with Crippen LogP contribution in [-0.2, 0) is 12.6 Å². The number of nitrogens with zero attached hydrogens (tertiary/aromatic N) is 4. The van der Waals surface area contributed by atoms with Gasteiger partial charge >= 0.3 is 0 Å².